The van der Waals surface area contributed by atoms with E-state index >= 15 is 0 Å². The summed E-state index contributed by atoms with van der Waals surface area (Å²) >= 11 is 0. The van der Waals surface area contributed by atoms with Crippen molar-refractivity contribution in [2.24, 2.45) is 92.7 Å². The van der Waals surface area contributed by atoms with Crippen molar-refractivity contribution in [3.8, 4) is 0 Å². The van der Waals surface area contributed by atoms with E-state index in [1.165, 1.54) is 32.8 Å². The molecule has 57 heavy (non-hydrogen) atoms. The molecule has 8 rings (SSSR count). The first-order valence-corrected chi connectivity index (χ1v) is 23.6. The van der Waals surface area contributed by atoms with Crippen LogP contribution >= 0.6 is 0 Å². The van der Waals surface area contributed by atoms with Crippen LogP contribution in [-0.4, -0.2) is 58.1 Å². The van der Waals surface area contributed by atoms with E-state index < -0.39 is 5.97 Å². The number of ether oxygens (including phenoxy) is 1. The maximum atomic E-state index is 13.4. The van der Waals surface area contributed by atoms with E-state index in [1.54, 1.807) is 0 Å². The van der Waals surface area contributed by atoms with E-state index in [9.17, 15) is 29.4 Å². The molecule has 18 atom stereocenters. The van der Waals surface area contributed by atoms with Gasteiger partial charge >= 0.3 is 11.9 Å². The number of aliphatic hydroxyl groups excluding tert-OH is 2. The van der Waals surface area contributed by atoms with E-state index in [1.807, 2.05) is 0 Å². The van der Waals surface area contributed by atoms with Gasteiger partial charge in [0, 0.05) is 37.5 Å². The number of hydrogen-bond donors (Lipinski definition) is 3. The van der Waals surface area contributed by atoms with Gasteiger partial charge in [0.25, 0.3) is 0 Å². The predicted molar refractivity (Wildman–Crippen MR) is 220 cm³/mol. The number of esters is 1. The molecule has 0 bridgehead atoms. The molecule has 0 radical (unpaired) electrons. The fourth-order valence-electron chi connectivity index (χ4n) is 17.0. The topological polar surface area (TPSA) is 138 Å². The van der Waals surface area contributed by atoms with E-state index in [0.717, 1.165) is 77.0 Å². The van der Waals surface area contributed by atoms with Crippen molar-refractivity contribution in [1.29, 1.82) is 0 Å². The van der Waals surface area contributed by atoms with Crippen LogP contribution < -0.4 is 0 Å². The van der Waals surface area contributed by atoms with Crippen LogP contribution in [0, 0.1) is 92.7 Å². The largest absolute Gasteiger partial charge is 0.481 e. The highest BCUT2D eigenvalue weighted by molar-refractivity contribution is 5.84. The summed E-state index contributed by atoms with van der Waals surface area (Å²) in [5.41, 5.74) is 0.857. The van der Waals surface area contributed by atoms with Gasteiger partial charge in [-0.15, -0.1) is 0 Å². The number of ketones is 2. The van der Waals surface area contributed by atoms with Gasteiger partial charge in [0.15, 0.2) is 0 Å². The van der Waals surface area contributed by atoms with Crippen molar-refractivity contribution >= 4 is 23.5 Å². The molecule has 0 aromatic heterocycles. The number of fused-ring (bicyclic) bond motifs is 10. The van der Waals surface area contributed by atoms with Crippen LogP contribution in [0.5, 0.6) is 0 Å². The minimum absolute atomic E-state index is 0.110. The number of carboxylic acid groups (broad SMARTS) is 1. The maximum absolute atomic E-state index is 13.4. The Morgan fingerprint density at radius 2 is 1.00 bits per heavy atom. The van der Waals surface area contributed by atoms with Gasteiger partial charge in [0.05, 0.1) is 19.3 Å². The molecular weight excluding hydrogens is 717 g/mol. The quantitative estimate of drug-likeness (QED) is 0.207. The number of carbonyl (C=O) groups excluding carboxylic acids is 3. The van der Waals surface area contributed by atoms with Crippen LogP contribution in [0.2, 0.25) is 0 Å². The van der Waals surface area contributed by atoms with Gasteiger partial charge in [-0.25, -0.2) is 0 Å². The summed E-state index contributed by atoms with van der Waals surface area (Å²) in [6.45, 7) is 14.2. The highest BCUT2D eigenvalue weighted by atomic mass is 16.5. The average molecular weight is 795 g/mol. The van der Waals surface area contributed by atoms with Gasteiger partial charge in [-0.1, -0.05) is 41.5 Å². The number of rotatable bonds is 8. The first-order valence-electron chi connectivity index (χ1n) is 23.6. The molecule has 0 aromatic carbocycles. The van der Waals surface area contributed by atoms with Crippen LogP contribution in [0.15, 0.2) is 0 Å². The first kappa shape index (κ1) is 43.3. The Labute approximate surface area is 343 Å². The third-order valence-corrected chi connectivity index (χ3v) is 20.3. The highest BCUT2D eigenvalue weighted by Crippen LogP contribution is 2.69. The molecule has 8 heteroatoms. The molecule has 0 aliphatic heterocycles. The molecule has 0 saturated heterocycles. The molecule has 322 valence electrons. The summed E-state index contributed by atoms with van der Waals surface area (Å²) in [5, 5.41) is 29.4. The van der Waals surface area contributed by atoms with Crippen LogP contribution in [0.3, 0.4) is 0 Å². The van der Waals surface area contributed by atoms with Gasteiger partial charge in [-0.05, 0) is 184 Å². The fourth-order valence-corrected chi connectivity index (χ4v) is 17.0. The van der Waals surface area contributed by atoms with Crippen molar-refractivity contribution in [1.82, 2.24) is 0 Å². The molecule has 8 fully saturated rings. The second-order valence-corrected chi connectivity index (χ2v) is 22.5. The van der Waals surface area contributed by atoms with Gasteiger partial charge < -0.3 is 20.1 Å². The SMILES string of the molecule is CC(CCC(=O)O)[C@H]1CC[C@H]2[C@@H]3C(=O)C[C@@H]4C[C@H](O)CC[C@]4(C)[C@H]3CC[C@]12C.COC(=O)CCC(C)[C@H]1CC[C@H]2[C@@H]3C(=O)C[C@@H]4C[C@H](O)CC[C@]4(C)[C@H]3CC[C@]12C. The third kappa shape index (κ3) is 7.51. The lowest BCUT2D eigenvalue weighted by Gasteiger charge is -2.60. The molecular formula is C49H78O8. The van der Waals surface area contributed by atoms with Crippen molar-refractivity contribution in [3.05, 3.63) is 0 Å². The Balaban J connectivity index is 0.000000174. The number of Topliss-reactive ketones (excluding diaryl/α,β-unsaturated/α-hetero) is 2. The average Bonchev–Trinajstić information content (AvgIpc) is 3.71. The molecule has 0 amide bonds. The highest BCUT2D eigenvalue weighted by Gasteiger charge is 2.64. The molecule has 8 aliphatic rings. The van der Waals surface area contributed by atoms with E-state index in [-0.39, 0.29) is 58.1 Å². The number of aliphatic carboxylic acids is 1. The lowest BCUT2D eigenvalue weighted by atomic mass is 9.44. The molecule has 0 spiro atoms. The van der Waals surface area contributed by atoms with Crippen molar-refractivity contribution in [2.45, 2.75) is 182 Å². The minimum atomic E-state index is -0.698. The standard InChI is InChI=1S/C25H40O4.C24H38O4/c1-15(5-8-22(28)29-4)18-6-7-19-23-20(10-12-25(18,19)3)24(2)11-9-17(26)13-16(24)14-21(23)27;1-14(4-7-21(27)28)17-5-6-18-22-19(9-11-24(17,18)3)23(2)10-8-16(25)12-15(23)13-20(22)26/h15-20,23,26H,5-14H2,1-4H3;14-19,22,25H,4-13H2,1-3H3,(H,27,28)/t15?,16-,17+,18+,19-,20-,23-,24-,25+;14?,15-,16+,17+,18-,19-,22-,23-,24+/m00/s1. The van der Waals surface area contributed by atoms with Crippen LogP contribution in [0.1, 0.15) is 170 Å². The van der Waals surface area contributed by atoms with Crippen molar-refractivity contribution < 1.29 is 39.2 Å². The zero-order chi connectivity index (χ0) is 41.2. The maximum Gasteiger partial charge on any atom is 0.305 e. The Bertz CT molecular complexity index is 1530. The number of hydrogen-bond acceptors (Lipinski definition) is 7. The molecule has 8 nitrogen and oxygen atoms in total. The molecule has 0 aromatic rings. The van der Waals surface area contributed by atoms with E-state index in [0.29, 0.717) is 90.0 Å². The van der Waals surface area contributed by atoms with Gasteiger partial charge in [-0.2, -0.15) is 0 Å². The smallest absolute Gasteiger partial charge is 0.305 e. The zero-order valence-corrected chi connectivity index (χ0v) is 36.6. The monoisotopic (exact) mass is 795 g/mol. The lowest BCUT2D eigenvalue weighted by molar-refractivity contribution is -0.161. The second kappa shape index (κ2) is 16.2. The fraction of sp³-hybridized carbons (Fsp3) is 0.918. The molecule has 0 heterocycles. The van der Waals surface area contributed by atoms with Gasteiger partial charge in [-0.3, -0.25) is 19.2 Å². The molecule has 3 N–H and O–H groups in total. The summed E-state index contributed by atoms with van der Waals surface area (Å²) in [4.78, 5) is 49.4. The summed E-state index contributed by atoms with van der Waals surface area (Å²) < 4.78 is 4.85. The number of carbonyl (C=O) groups is 4. The molecule has 8 aliphatic carbocycles. The minimum Gasteiger partial charge on any atom is -0.481 e. The van der Waals surface area contributed by atoms with Gasteiger partial charge in [0.2, 0.25) is 0 Å². The number of carboxylic acids is 1. The van der Waals surface area contributed by atoms with E-state index in [2.05, 4.69) is 41.5 Å². The Hall–Kier alpha value is -1.80. The summed E-state index contributed by atoms with van der Waals surface area (Å²) in [5.74, 6) is 5.33. The van der Waals surface area contributed by atoms with Crippen molar-refractivity contribution in [2.75, 3.05) is 7.11 Å². The number of aliphatic hydroxyl groups is 2. The van der Waals surface area contributed by atoms with Crippen molar-refractivity contribution in [3.63, 3.8) is 0 Å². The number of methoxy groups -OCH3 is 1. The van der Waals surface area contributed by atoms with Gasteiger partial charge in [0.1, 0.15) is 11.6 Å². The Kier molecular flexibility index (Phi) is 12.3. The third-order valence-electron chi connectivity index (χ3n) is 20.3. The first-order chi connectivity index (χ1) is 26.9. The Morgan fingerprint density at radius 1 is 0.614 bits per heavy atom. The zero-order valence-electron chi connectivity index (χ0n) is 36.6. The Morgan fingerprint density at radius 3 is 1.40 bits per heavy atom. The molecule has 8 saturated carbocycles. The summed E-state index contributed by atoms with van der Waals surface area (Å²) in [6.07, 6.45) is 18.2. The lowest BCUT2D eigenvalue weighted by Crippen LogP contribution is -2.57. The van der Waals surface area contributed by atoms with Crippen LogP contribution in [-0.2, 0) is 23.9 Å². The normalized spacial score (nSPS) is 48.4. The van der Waals surface area contributed by atoms with Crippen LogP contribution in [0.4, 0.5) is 0 Å². The molecule has 2 unspecified atom stereocenters. The van der Waals surface area contributed by atoms with Crippen LogP contribution in [0.25, 0.3) is 0 Å². The van der Waals surface area contributed by atoms with E-state index in [4.69, 9.17) is 9.84 Å². The second-order valence-electron chi connectivity index (χ2n) is 22.5. The summed E-state index contributed by atoms with van der Waals surface area (Å²) in [7, 11) is 1.47. The summed E-state index contributed by atoms with van der Waals surface area (Å²) in [6, 6.07) is 0. The predicted octanol–water partition coefficient (Wildman–Crippen LogP) is 9.46.